The van der Waals surface area contributed by atoms with Gasteiger partial charge in [0.15, 0.2) is 21.2 Å². The molecule has 1 aromatic heterocycles. The molecule has 0 radical (unpaired) electrons. The number of nitrogens with two attached hydrogens (primary N) is 2. The van der Waals surface area contributed by atoms with Crippen LogP contribution in [-0.2, 0) is 16.5 Å². The van der Waals surface area contributed by atoms with E-state index >= 15 is 0 Å². The summed E-state index contributed by atoms with van der Waals surface area (Å²) in [6.45, 7) is -1.04. The zero-order valence-corrected chi connectivity index (χ0v) is 14.0. The minimum atomic E-state index is -3.79. The molecule has 0 bridgehead atoms. The third-order valence-electron chi connectivity index (χ3n) is 3.27. The van der Waals surface area contributed by atoms with Gasteiger partial charge in [-0.3, -0.25) is 9.59 Å². The normalized spacial score (nSPS) is 11.1. The molecule has 4 N–H and O–H groups in total. The maximum absolute atomic E-state index is 13.4. The zero-order chi connectivity index (χ0) is 18.8. The van der Waals surface area contributed by atoms with E-state index in [-0.39, 0.29) is 27.1 Å². The molecule has 1 amide bonds. The van der Waals surface area contributed by atoms with Gasteiger partial charge in [0, 0.05) is 36.3 Å². The molecular formula is C15H15FN4O4S. The van der Waals surface area contributed by atoms with E-state index in [2.05, 4.69) is 4.99 Å². The Morgan fingerprint density at radius 1 is 1.24 bits per heavy atom. The zero-order valence-electron chi connectivity index (χ0n) is 13.1. The van der Waals surface area contributed by atoms with Crippen molar-refractivity contribution in [2.24, 2.45) is 16.5 Å². The van der Waals surface area contributed by atoms with Crippen molar-refractivity contribution in [2.45, 2.75) is 11.6 Å². The summed E-state index contributed by atoms with van der Waals surface area (Å²) in [4.78, 5) is 26.4. The van der Waals surface area contributed by atoms with Crippen LogP contribution in [0.4, 0.5) is 4.39 Å². The Kier molecular flexibility index (Phi) is 5.02. The quantitative estimate of drug-likeness (QED) is 0.582. The first-order valence-corrected chi connectivity index (χ1v) is 8.78. The molecule has 0 aliphatic heterocycles. The van der Waals surface area contributed by atoms with Gasteiger partial charge in [0.25, 0.3) is 5.91 Å². The van der Waals surface area contributed by atoms with E-state index in [0.29, 0.717) is 0 Å². The van der Waals surface area contributed by atoms with Gasteiger partial charge in [0.05, 0.1) is 10.6 Å². The number of aromatic nitrogens is 1. The summed E-state index contributed by atoms with van der Waals surface area (Å²) in [5, 5.41) is 0. The van der Waals surface area contributed by atoms with Crippen molar-refractivity contribution in [3.8, 4) is 5.69 Å². The van der Waals surface area contributed by atoms with Crippen LogP contribution in [-0.4, -0.2) is 31.1 Å². The fraction of sp³-hybridized carbons (Fsp3) is 0.133. The lowest BCUT2D eigenvalue weighted by atomic mass is 10.1. The molecule has 10 heteroatoms. The lowest BCUT2D eigenvalue weighted by Crippen LogP contribution is -2.24. The number of aliphatic imine (C=N–C) groups is 1. The monoisotopic (exact) mass is 366 g/mol. The first-order valence-electron chi connectivity index (χ1n) is 6.89. The van der Waals surface area contributed by atoms with Crippen LogP contribution >= 0.6 is 0 Å². The van der Waals surface area contributed by atoms with Crippen molar-refractivity contribution in [1.82, 2.24) is 4.57 Å². The van der Waals surface area contributed by atoms with Crippen LogP contribution in [0.15, 0.2) is 51.3 Å². The standard InChI is InChI=1S/C15H15FN4O4S/c1-25(23,24)13-7-11(14(22)19-15(17)18)9(8-16)6-12(13)20-4-2-10(21)3-5-20/h2-7H,8H2,1H3,(H4,17,18,19,22). The van der Waals surface area contributed by atoms with Crippen molar-refractivity contribution in [3.05, 3.63) is 58.0 Å². The third kappa shape index (κ3) is 4.10. The molecule has 8 nitrogen and oxygen atoms in total. The van der Waals surface area contributed by atoms with Gasteiger partial charge in [-0.25, -0.2) is 12.8 Å². The van der Waals surface area contributed by atoms with E-state index in [1.807, 2.05) is 0 Å². The summed E-state index contributed by atoms with van der Waals surface area (Å²) in [5.41, 5.74) is 9.75. The van der Waals surface area contributed by atoms with Crippen LogP contribution in [0.3, 0.4) is 0 Å². The molecule has 0 unspecified atom stereocenters. The number of sulfone groups is 1. The number of alkyl halides is 1. The Labute approximate surface area is 142 Å². The summed E-state index contributed by atoms with van der Waals surface area (Å²) in [5.74, 6) is -1.48. The van der Waals surface area contributed by atoms with E-state index in [9.17, 15) is 22.4 Å². The Morgan fingerprint density at radius 2 is 1.84 bits per heavy atom. The molecule has 0 aliphatic rings. The second kappa shape index (κ2) is 6.85. The highest BCUT2D eigenvalue weighted by molar-refractivity contribution is 7.90. The maximum Gasteiger partial charge on any atom is 0.280 e. The average molecular weight is 366 g/mol. The molecule has 132 valence electrons. The summed E-state index contributed by atoms with van der Waals surface area (Å²) < 4.78 is 39.0. The number of carbonyl (C=O) groups excluding carboxylic acids is 1. The number of halogens is 1. The van der Waals surface area contributed by atoms with Gasteiger partial charge in [0.2, 0.25) is 0 Å². The second-order valence-electron chi connectivity index (χ2n) is 5.17. The SMILES string of the molecule is CS(=O)(=O)c1cc(C(=O)N=C(N)N)c(CF)cc1-n1ccc(=O)cc1. The molecule has 2 aromatic rings. The summed E-state index contributed by atoms with van der Waals surface area (Å²) in [6, 6.07) is 4.67. The highest BCUT2D eigenvalue weighted by Crippen LogP contribution is 2.26. The smallest absolute Gasteiger partial charge is 0.280 e. The molecule has 0 saturated carbocycles. The highest BCUT2D eigenvalue weighted by Gasteiger charge is 2.21. The first kappa shape index (κ1) is 18.3. The van der Waals surface area contributed by atoms with Crippen LogP contribution in [0, 0.1) is 0 Å². The van der Waals surface area contributed by atoms with Gasteiger partial charge in [-0.1, -0.05) is 0 Å². The fourth-order valence-corrected chi connectivity index (χ4v) is 3.05. The molecule has 0 fully saturated rings. The van der Waals surface area contributed by atoms with Crippen molar-refractivity contribution >= 4 is 21.7 Å². The number of nitrogens with zero attached hydrogens (tertiary/aromatic N) is 2. The summed E-state index contributed by atoms with van der Waals surface area (Å²) >= 11 is 0. The molecule has 1 aromatic carbocycles. The maximum atomic E-state index is 13.4. The summed E-state index contributed by atoms with van der Waals surface area (Å²) in [6.07, 6.45) is 3.62. The predicted octanol–water partition coefficient (Wildman–Crippen LogP) is 0.124. The van der Waals surface area contributed by atoms with E-state index < -0.39 is 28.4 Å². The Hall–Kier alpha value is -3.01. The lowest BCUT2D eigenvalue weighted by molar-refractivity contribution is 0.100. The average Bonchev–Trinajstić information content (AvgIpc) is 2.52. The van der Waals surface area contributed by atoms with E-state index in [1.165, 1.54) is 35.2 Å². The Bertz CT molecular complexity index is 1000. The van der Waals surface area contributed by atoms with Gasteiger partial charge in [-0.2, -0.15) is 4.99 Å². The number of hydrogen-bond donors (Lipinski definition) is 2. The minimum Gasteiger partial charge on any atom is -0.370 e. The highest BCUT2D eigenvalue weighted by atomic mass is 32.2. The molecule has 1 heterocycles. The lowest BCUT2D eigenvalue weighted by Gasteiger charge is -2.14. The Balaban J connectivity index is 2.81. The van der Waals surface area contributed by atoms with Crippen molar-refractivity contribution in [1.29, 1.82) is 0 Å². The Morgan fingerprint density at radius 3 is 2.32 bits per heavy atom. The number of pyridine rings is 1. The molecule has 0 aliphatic carbocycles. The minimum absolute atomic E-state index is 0.0869. The van der Waals surface area contributed by atoms with E-state index in [0.717, 1.165) is 12.3 Å². The predicted molar refractivity (Wildman–Crippen MR) is 90.1 cm³/mol. The van der Waals surface area contributed by atoms with Crippen LogP contribution in [0.25, 0.3) is 5.69 Å². The topological polar surface area (TPSA) is 138 Å². The van der Waals surface area contributed by atoms with Crippen LogP contribution in [0.5, 0.6) is 0 Å². The number of rotatable bonds is 4. The van der Waals surface area contributed by atoms with Gasteiger partial charge >= 0.3 is 0 Å². The van der Waals surface area contributed by atoms with E-state index in [1.54, 1.807) is 0 Å². The fourth-order valence-electron chi connectivity index (χ4n) is 2.17. The van der Waals surface area contributed by atoms with E-state index in [4.69, 9.17) is 11.5 Å². The van der Waals surface area contributed by atoms with Gasteiger partial charge in [-0.05, 0) is 17.7 Å². The van der Waals surface area contributed by atoms with Crippen molar-refractivity contribution in [2.75, 3.05) is 6.26 Å². The van der Waals surface area contributed by atoms with Crippen LogP contribution in [0.2, 0.25) is 0 Å². The van der Waals surface area contributed by atoms with Gasteiger partial charge in [-0.15, -0.1) is 0 Å². The van der Waals surface area contributed by atoms with Crippen LogP contribution < -0.4 is 16.9 Å². The number of benzene rings is 1. The van der Waals surface area contributed by atoms with Gasteiger partial charge < -0.3 is 16.0 Å². The molecule has 0 spiro atoms. The van der Waals surface area contributed by atoms with Crippen molar-refractivity contribution < 1.29 is 17.6 Å². The number of carbonyl (C=O) groups is 1. The number of hydrogen-bond acceptors (Lipinski definition) is 4. The van der Waals surface area contributed by atoms with Gasteiger partial charge in [0.1, 0.15) is 6.67 Å². The number of guanidine groups is 1. The molecule has 0 saturated heterocycles. The largest absolute Gasteiger partial charge is 0.370 e. The van der Waals surface area contributed by atoms with Crippen molar-refractivity contribution in [3.63, 3.8) is 0 Å². The molecule has 0 atom stereocenters. The molecular weight excluding hydrogens is 351 g/mol. The number of amides is 1. The van der Waals surface area contributed by atoms with Crippen LogP contribution in [0.1, 0.15) is 15.9 Å². The second-order valence-corrected chi connectivity index (χ2v) is 7.15. The molecule has 25 heavy (non-hydrogen) atoms. The third-order valence-corrected chi connectivity index (χ3v) is 4.39. The molecule has 2 rings (SSSR count). The first-order chi connectivity index (χ1) is 11.6. The summed E-state index contributed by atoms with van der Waals surface area (Å²) in [7, 11) is -3.79.